The van der Waals surface area contributed by atoms with Crippen molar-refractivity contribution in [2.24, 2.45) is 0 Å². The molecule has 8 heteroatoms. The zero-order valence-corrected chi connectivity index (χ0v) is 11.5. The highest BCUT2D eigenvalue weighted by Crippen LogP contribution is 2.30. The Morgan fingerprint density at radius 3 is 2.65 bits per heavy atom. The van der Waals surface area contributed by atoms with E-state index >= 15 is 0 Å². The Bertz CT molecular complexity index is 480. The number of morpholine rings is 1. The molecule has 20 heavy (non-hydrogen) atoms. The van der Waals surface area contributed by atoms with Gasteiger partial charge in [-0.3, -0.25) is 0 Å². The second-order valence-electron chi connectivity index (χ2n) is 4.83. The molecule has 2 atom stereocenters. The van der Waals surface area contributed by atoms with E-state index < -0.39 is 12.0 Å². The lowest BCUT2D eigenvalue weighted by molar-refractivity contribution is -0.144. The van der Waals surface area contributed by atoms with Crippen molar-refractivity contribution in [1.82, 2.24) is 9.97 Å². The number of hydrogen-bond acceptors (Lipinski definition) is 5. The molecule has 0 saturated carbocycles. The van der Waals surface area contributed by atoms with Crippen molar-refractivity contribution in [1.29, 1.82) is 0 Å². The fourth-order valence-corrected chi connectivity index (χ4v) is 2.06. The zero-order chi connectivity index (χ0) is 14.9. The Kier molecular flexibility index (Phi) is 4.03. The molecule has 1 N–H and O–H groups in total. The van der Waals surface area contributed by atoms with Crippen molar-refractivity contribution < 1.29 is 17.9 Å². The number of rotatable bonds is 2. The minimum atomic E-state index is -4.57. The molecular formula is C12H17F3N4O. The maximum atomic E-state index is 12.8. The van der Waals surface area contributed by atoms with Crippen molar-refractivity contribution in [3.63, 3.8) is 0 Å². The summed E-state index contributed by atoms with van der Waals surface area (Å²) in [6.45, 7) is 4.73. The summed E-state index contributed by atoms with van der Waals surface area (Å²) in [5.74, 6) is -0.723. The van der Waals surface area contributed by atoms with Crippen LogP contribution in [0.5, 0.6) is 0 Å². The Labute approximate surface area is 115 Å². The minimum absolute atomic E-state index is 0.0353. The lowest BCUT2D eigenvalue weighted by atomic mass is 10.2. The van der Waals surface area contributed by atoms with E-state index in [-0.39, 0.29) is 23.8 Å². The van der Waals surface area contributed by atoms with Crippen LogP contribution >= 0.6 is 0 Å². The quantitative estimate of drug-likeness (QED) is 0.904. The summed E-state index contributed by atoms with van der Waals surface area (Å²) in [5.41, 5.74) is 0. The maximum absolute atomic E-state index is 12.8. The molecule has 2 heterocycles. The van der Waals surface area contributed by atoms with Crippen LogP contribution in [0.4, 0.5) is 24.8 Å². The van der Waals surface area contributed by atoms with Crippen molar-refractivity contribution in [2.75, 3.05) is 30.4 Å². The molecule has 0 aliphatic carbocycles. The van der Waals surface area contributed by atoms with Gasteiger partial charge in [-0.25, -0.2) is 9.97 Å². The Morgan fingerprint density at radius 1 is 1.35 bits per heavy atom. The van der Waals surface area contributed by atoms with E-state index in [4.69, 9.17) is 4.74 Å². The Morgan fingerprint density at radius 2 is 2.05 bits per heavy atom. The number of nitrogens with one attached hydrogen (secondary N) is 1. The molecule has 2 unspecified atom stereocenters. The predicted octanol–water partition coefficient (Wildman–Crippen LogP) is 2.15. The van der Waals surface area contributed by atoms with Crippen LogP contribution in [0.15, 0.2) is 6.07 Å². The number of hydrogen-bond donors (Lipinski definition) is 1. The molecule has 0 radical (unpaired) electrons. The molecule has 1 fully saturated rings. The molecule has 1 aromatic rings. The first-order valence-corrected chi connectivity index (χ1v) is 6.33. The van der Waals surface area contributed by atoms with E-state index in [9.17, 15) is 13.2 Å². The number of aromatic nitrogens is 2. The summed E-state index contributed by atoms with van der Waals surface area (Å²) in [4.78, 5) is 8.92. The molecule has 0 spiro atoms. The predicted molar refractivity (Wildman–Crippen MR) is 68.8 cm³/mol. The first kappa shape index (κ1) is 14.8. The van der Waals surface area contributed by atoms with E-state index in [1.165, 1.54) is 13.1 Å². The maximum Gasteiger partial charge on any atom is 0.451 e. The van der Waals surface area contributed by atoms with Gasteiger partial charge in [0, 0.05) is 19.7 Å². The van der Waals surface area contributed by atoms with Crippen molar-refractivity contribution in [3.8, 4) is 0 Å². The first-order valence-electron chi connectivity index (χ1n) is 6.33. The molecule has 112 valence electrons. The lowest BCUT2D eigenvalue weighted by Gasteiger charge is -2.37. The van der Waals surface area contributed by atoms with Crippen molar-refractivity contribution >= 4 is 11.6 Å². The van der Waals surface area contributed by atoms with Gasteiger partial charge in [-0.2, -0.15) is 13.2 Å². The molecule has 0 amide bonds. The van der Waals surface area contributed by atoms with E-state index in [1.54, 1.807) is 0 Å². The zero-order valence-electron chi connectivity index (χ0n) is 11.5. The molecule has 1 aromatic heterocycles. The molecule has 1 aliphatic rings. The van der Waals surface area contributed by atoms with Gasteiger partial charge in [0.05, 0.1) is 18.8 Å². The molecule has 1 aliphatic heterocycles. The van der Waals surface area contributed by atoms with E-state index in [2.05, 4.69) is 15.3 Å². The number of ether oxygens (including phenoxy) is 1. The average molecular weight is 290 g/mol. The standard InChI is InChI=1S/C12H17F3N4O/c1-7-6-20-8(2)5-19(7)10-4-9(16-3)17-11(18-10)12(13,14)15/h4,7-8H,5-6H2,1-3H3,(H,16,17,18). The Hall–Kier alpha value is -1.57. The minimum Gasteiger partial charge on any atom is -0.375 e. The van der Waals surface area contributed by atoms with Crippen molar-refractivity contribution in [2.45, 2.75) is 32.2 Å². The molecule has 5 nitrogen and oxygen atoms in total. The van der Waals surface area contributed by atoms with Gasteiger partial charge in [0.25, 0.3) is 0 Å². The van der Waals surface area contributed by atoms with Crippen LogP contribution in [-0.4, -0.2) is 42.3 Å². The molecule has 0 aromatic carbocycles. The summed E-state index contributed by atoms with van der Waals surface area (Å²) in [7, 11) is 1.53. The summed E-state index contributed by atoms with van der Waals surface area (Å²) in [6.07, 6.45) is -4.61. The first-order chi connectivity index (χ1) is 9.31. The second-order valence-corrected chi connectivity index (χ2v) is 4.83. The summed E-state index contributed by atoms with van der Waals surface area (Å²) < 4.78 is 44.0. The van der Waals surface area contributed by atoms with Crippen LogP contribution in [0.25, 0.3) is 0 Å². The van der Waals surface area contributed by atoms with Crippen LogP contribution < -0.4 is 10.2 Å². The van der Waals surface area contributed by atoms with Crippen LogP contribution in [0.3, 0.4) is 0 Å². The van der Waals surface area contributed by atoms with Gasteiger partial charge < -0.3 is 15.0 Å². The fraction of sp³-hybridized carbons (Fsp3) is 0.667. The van der Waals surface area contributed by atoms with Crippen molar-refractivity contribution in [3.05, 3.63) is 11.9 Å². The van der Waals surface area contributed by atoms with E-state index in [0.29, 0.717) is 13.2 Å². The molecule has 0 bridgehead atoms. The molecule has 1 saturated heterocycles. The third-order valence-electron chi connectivity index (χ3n) is 3.12. The number of anilines is 2. The number of nitrogens with zero attached hydrogens (tertiary/aromatic N) is 3. The second kappa shape index (κ2) is 5.43. The molecule has 2 rings (SSSR count). The smallest absolute Gasteiger partial charge is 0.375 e. The fourth-order valence-electron chi connectivity index (χ4n) is 2.06. The highest BCUT2D eigenvalue weighted by atomic mass is 19.4. The van der Waals surface area contributed by atoms with Crippen LogP contribution in [0, 0.1) is 0 Å². The third kappa shape index (κ3) is 3.12. The van der Waals surface area contributed by atoms with Gasteiger partial charge in [0.2, 0.25) is 5.82 Å². The van der Waals surface area contributed by atoms with Gasteiger partial charge in [-0.1, -0.05) is 0 Å². The summed E-state index contributed by atoms with van der Waals surface area (Å²) in [6, 6.07) is 1.48. The largest absolute Gasteiger partial charge is 0.451 e. The third-order valence-corrected chi connectivity index (χ3v) is 3.12. The normalized spacial score (nSPS) is 23.8. The highest BCUT2D eigenvalue weighted by molar-refractivity contribution is 5.50. The average Bonchev–Trinajstić information content (AvgIpc) is 2.40. The Balaban J connectivity index is 2.39. The van der Waals surface area contributed by atoms with Gasteiger partial charge in [0.15, 0.2) is 0 Å². The van der Waals surface area contributed by atoms with Gasteiger partial charge in [-0.05, 0) is 13.8 Å². The van der Waals surface area contributed by atoms with Gasteiger partial charge in [-0.15, -0.1) is 0 Å². The molecular weight excluding hydrogens is 273 g/mol. The van der Waals surface area contributed by atoms with E-state index in [1.807, 2.05) is 18.7 Å². The number of halogens is 3. The SMILES string of the molecule is CNc1cc(N2CC(C)OCC2C)nc(C(F)(F)F)n1. The highest BCUT2D eigenvalue weighted by Gasteiger charge is 2.36. The van der Waals surface area contributed by atoms with Crippen LogP contribution in [0.2, 0.25) is 0 Å². The van der Waals surface area contributed by atoms with Gasteiger partial charge >= 0.3 is 6.18 Å². The number of alkyl halides is 3. The summed E-state index contributed by atoms with van der Waals surface area (Å²) >= 11 is 0. The van der Waals surface area contributed by atoms with E-state index in [0.717, 1.165) is 0 Å². The topological polar surface area (TPSA) is 50.3 Å². The summed E-state index contributed by atoms with van der Waals surface area (Å²) in [5, 5.41) is 2.64. The van der Waals surface area contributed by atoms with Crippen LogP contribution in [-0.2, 0) is 10.9 Å². The van der Waals surface area contributed by atoms with Crippen LogP contribution in [0.1, 0.15) is 19.7 Å². The lowest BCUT2D eigenvalue weighted by Crippen LogP contribution is -2.48. The van der Waals surface area contributed by atoms with Gasteiger partial charge in [0.1, 0.15) is 11.6 Å². The monoisotopic (exact) mass is 290 g/mol.